The second-order valence-electron chi connectivity index (χ2n) is 6.21. The zero-order valence-electron chi connectivity index (χ0n) is 13.6. The largest absolute Gasteiger partial charge is 0.456 e. The van der Waals surface area contributed by atoms with Crippen LogP contribution in [0.4, 0.5) is 5.69 Å². The predicted octanol–water partition coefficient (Wildman–Crippen LogP) is 4.49. The molecule has 1 aromatic carbocycles. The van der Waals surface area contributed by atoms with Crippen molar-refractivity contribution in [2.24, 2.45) is 5.92 Å². The van der Waals surface area contributed by atoms with Crippen molar-refractivity contribution in [1.82, 2.24) is 0 Å². The first kappa shape index (κ1) is 17.8. The monoisotopic (exact) mass is 337 g/mol. The highest BCUT2D eigenvalue weighted by Gasteiger charge is 2.16. The van der Waals surface area contributed by atoms with E-state index in [2.05, 4.69) is 5.32 Å². The lowest BCUT2D eigenvalue weighted by Gasteiger charge is -2.20. The van der Waals surface area contributed by atoms with Gasteiger partial charge < -0.3 is 10.1 Å². The topological polar surface area (TPSA) is 55.4 Å². The van der Waals surface area contributed by atoms with Crippen molar-refractivity contribution in [1.29, 1.82) is 0 Å². The molecule has 1 fully saturated rings. The van der Waals surface area contributed by atoms with Crippen molar-refractivity contribution in [3.63, 3.8) is 0 Å². The summed E-state index contributed by atoms with van der Waals surface area (Å²) in [5.41, 5.74) is 1.55. The number of benzene rings is 1. The Morgan fingerprint density at radius 1 is 1.26 bits per heavy atom. The summed E-state index contributed by atoms with van der Waals surface area (Å²) in [4.78, 5) is 23.6. The fraction of sp³-hybridized carbons (Fsp3) is 0.556. The number of amides is 1. The van der Waals surface area contributed by atoms with Gasteiger partial charge in [-0.05, 0) is 37.0 Å². The van der Waals surface area contributed by atoms with Gasteiger partial charge in [0.15, 0.2) is 6.61 Å². The van der Waals surface area contributed by atoms with E-state index in [1.165, 1.54) is 32.1 Å². The maximum absolute atomic E-state index is 11.9. The molecule has 5 heteroatoms. The molecule has 1 saturated carbocycles. The van der Waals surface area contributed by atoms with Crippen molar-refractivity contribution in [3.8, 4) is 0 Å². The smallest absolute Gasteiger partial charge is 0.306 e. The highest BCUT2D eigenvalue weighted by Crippen LogP contribution is 2.27. The summed E-state index contributed by atoms with van der Waals surface area (Å²) < 4.78 is 5.05. The molecule has 1 aliphatic carbocycles. The molecule has 0 radical (unpaired) electrons. The third kappa shape index (κ3) is 6.22. The molecule has 0 aromatic heterocycles. The average Bonchev–Trinajstić information content (AvgIpc) is 2.55. The number of anilines is 1. The van der Waals surface area contributed by atoms with Crippen molar-refractivity contribution in [3.05, 3.63) is 28.8 Å². The zero-order valence-corrected chi connectivity index (χ0v) is 14.3. The summed E-state index contributed by atoms with van der Waals surface area (Å²) in [6, 6.07) is 5.27. The van der Waals surface area contributed by atoms with Crippen molar-refractivity contribution in [2.45, 2.75) is 51.9 Å². The van der Waals surface area contributed by atoms with Crippen LogP contribution < -0.4 is 5.32 Å². The number of nitrogens with one attached hydrogen (secondary N) is 1. The molecule has 0 atom stereocenters. The molecule has 1 aromatic rings. The highest BCUT2D eigenvalue weighted by molar-refractivity contribution is 6.31. The molecule has 0 heterocycles. The molecule has 0 saturated heterocycles. The number of rotatable bonds is 6. The molecular weight excluding hydrogens is 314 g/mol. The molecule has 0 unspecified atom stereocenters. The van der Waals surface area contributed by atoms with Crippen LogP contribution in [-0.2, 0) is 14.3 Å². The van der Waals surface area contributed by atoms with Crippen molar-refractivity contribution < 1.29 is 14.3 Å². The Labute approximate surface area is 142 Å². The maximum atomic E-state index is 11.9. The summed E-state index contributed by atoms with van der Waals surface area (Å²) >= 11 is 5.91. The minimum atomic E-state index is -0.346. The predicted molar refractivity (Wildman–Crippen MR) is 91.6 cm³/mol. The Morgan fingerprint density at radius 2 is 2.00 bits per heavy atom. The van der Waals surface area contributed by atoms with Gasteiger partial charge in [0.25, 0.3) is 5.91 Å². The molecule has 2 rings (SSSR count). The number of carbonyl (C=O) groups excluding carboxylic acids is 2. The first-order valence-electron chi connectivity index (χ1n) is 8.26. The van der Waals surface area contributed by atoms with Crippen LogP contribution in [0.1, 0.15) is 50.5 Å². The highest BCUT2D eigenvalue weighted by atomic mass is 35.5. The molecule has 0 aliphatic heterocycles. The molecule has 0 spiro atoms. The summed E-state index contributed by atoms with van der Waals surface area (Å²) in [7, 11) is 0. The van der Waals surface area contributed by atoms with Gasteiger partial charge in [-0.2, -0.15) is 0 Å². The molecule has 126 valence electrons. The standard InChI is InChI=1S/C18H24ClNO3/c1-13-7-9-15(19)11-16(13)20-17(21)12-23-18(22)10-8-14-5-3-2-4-6-14/h7,9,11,14H,2-6,8,10,12H2,1H3,(H,20,21). The van der Waals surface area contributed by atoms with Crippen LogP contribution in [0.5, 0.6) is 0 Å². The summed E-state index contributed by atoms with van der Waals surface area (Å²) in [5, 5.41) is 3.26. The number of aryl methyl sites for hydroxylation is 1. The number of hydrogen-bond donors (Lipinski definition) is 1. The first-order valence-corrected chi connectivity index (χ1v) is 8.64. The van der Waals surface area contributed by atoms with E-state index in [0.29, 0.717) is 23.0 Å². The molecule has 1 aliphatic rings. The Bertz CT molecular complexity index is 553. The Kier molecular flexibility index (Phi) is 6.90. The SMILES string of the molecule is Cc1ccc(Cl)cc1NC(=O)COC(=O)CCC1CCCCC1. The van der Waals surface area contributed by atoms with Gasteiger partial charge in [-0.25, -0.2) is 0 Å². The normalized spacial score (nSPS) is 15.2. The Hall–Kier alpha value is -1.55. The van der Waals surface area contributed by atoms with Gasteiger partial charge in [0.05, 0.1) is 0 Å². The van der Waals surface area contributed by atoms with E-state index in [9.17, 15) is 9.59 Å². The van der Waals surface area contributed by atoms with Crippen LogP contribution in [-0.4, -0.2) is 18.5 Å². The second kappa shape index (κ2) is 8.92. The van der Waals surface area contributed by atoms with E-state index < -0.39 is 0 Å². The van der Waals surface area contributed by atoms with Crippen molar-refractivity contribution in [2.75, 3.05) is 11.9 Å². The minimum Gasteiger partial charge on any atom is -0.456 e. The fourth-order valence-corrected chi connectivity index (χ4v) is 3.10. The van der Waals surface area contributed by atoms with E-state index >= 15 is 0 Å². The number of esters is 1. The minimum absolute atomic E-state index is 0.255. The van der Waals surface area contributed by atoms with Crippen LogP contribution in [0.2, 0.25) is 5.02 Å². The Balaban J connectivity index is 1.69. The number of hydrogen-bond acceptors (Lipinski definition) is 3. The molecule has 1 N–H and O–H groups in total. The molecular formula is C18H24ClNO3. The number of ether oxygens (including phenoxy) is 1. The van der Waals surface area contributed by atoms with Gasteiger partial charge in [-0.15, -0.1) is 0 Å². The van der Waals surface area contributed by atoms with Crippen LogP contribution in [0.3, 0.4) is 0 Å². The number of halogens is 1. The zero-order chi connectivity index (χ0) is 16.7. The third-order valence-corrected chi connectivity index (χ3v) is 4.55. The van der Waals surface area contributed by atoms with Gasteiger partial charge in [0, 0.05) is 17.1 Å². The van der Waals surface area contributed by atoms with Gasteiger partial charge in [-0.1, -0.05) is 49.8 Å². The van der Waals surface area contributed by atoms with Crippen LogP contribution in [0.15, 0.2) is 18.2 Å². The van der Waals surface area contributed by atoms with E-state index in [0.717, 1.165) is 12.0 Å². The van der Waals surface area contributed by atoms with E-state index in [4.69, 9.17) is 16.3 Å². The Morgan fingerprint density at radius 3 is 2.74 bits per heavy atom. The summed E-state index contributed by atoms with van der Waals surface area (Å²) in [6.07, 6.45) is 7.53. The van der Waals surface area contributed by atoms with Crippen LogP contribution in [0, 0.1) is 12.8 Å². The fourth-order valence-electron chi connectivity index (χ4n) is 2.93. The number of carbonyl (C=O) groups is 2. The lowest BCUT2D eigenvalue weighted by atomic mass is 9.86. The van der Waals surface area contributed by atoms with Gasteiger partial charge >= 0.3 is 5.97 Å². The lowest BCUT2D eigenvalue weighted by Crippen LogP contribution is -2.21. The summed E-state index contributed by atoms with van der Waals surface area (Å²) in [6.45, 7) is 1.62. The van der Waals surface area contributed by atoms with Crippen LogP contribution in [0.25, 0.3) is 0 Å². The summed E-state index contributed by atoms with van der Waals surface area (Å²) in [5.74, 6) is -0.00541. The molecule has 23 heavy (non-hydrogen) atoms. The third-order valence-electron chi connectivity index (χ3n) is 4.32. The van der Waals surface area contributed by atoms with Crippen LogP contribution >= 0.6 is 11.6 Å². The molecule has 4 nitrogen and oxygen atoms in total. The van der Waals surface area contributed by atoms with E-state index in [1.54, 1.807) is 12.1 Å². The molecule has 0 bridgehead atoms. The second-order valence-corrected chi connectivity index (χ2v) is 6.65. The van der Waals surface area contributed by atoms with Gasteiger partial charge in [-0.3, -0.25) is 9.59 Å². The molecule has 1 amide bonds. The maximum Gasteiger partial charge on any atom is 0.306 e. The van der Waals surface area contributed by atoms with Crippen molar-refractivity contribution >= 4 is 29.2 Å². The average molecular weight is 338 g/mol. The van der Waals surface area contributed by atoms with E-state index in [1.807, 2.05) is 13.0 Å². The van der Waals surface area contributed by atoms with Gasteiger partial charge in [0.1, 0.15) is 0 Å². The van der Waals surface area contributed by atoms with E-state index in [-0.39, 0.29) is 18.5 Å². The lowest BCUT2D eigenvalue weighted by molar-refractivity contribution is -0.147. The van der Waals surface area contributed by atoms with Gasteiger partial charge in [0.2, 0.25) is 0 Å². The first-order chi connectivity index (χ1) is 11.0. The quantitative estimate of drug-likeness (QED) is 0.778.